The average Bonchev–Trinajstić information content (AvgIpc) is 2.50. The zero-order valence-corrected chi connectivity index (χ0v) is 12.4. The molecule has 6 nitrogen and oxygen atoms in total. The topological polar surface area (TPSA) is 88.9 Å². The molecule has 0 aliphatic carbocycles. The van der Waals surface area contributed by atoms with Gasteiger partial charge in [0.15, 0.2) is 0 Å². The fraction of sp³-hybridized carbons (Fsp3) is 0. The quantitative estimate of drug-likeness (QED) is 0.576. The predicted molar refractivity (Wildman–Crippen MR) is 79.5 cm³/mol. The number of nitro benzene ring substituents is 1. The van der Waals surface area contributed by atoms with Gasteiger partial charge < -0.3 is 4.98 Å². The molecule has 1 aromatic heterocycles. The Hall–Kier alpha value is -2.88. The predicted octanol–water partition coefficient (Wildman–Crippen LogP) is 3.40. The van der Waals surface area contributed by atoms with Crippen LogP contribution in [0.25, 0.3) is 10.9 Å². The number of hydrogen-bond donors (Lipinski definition) is 1. The molecule has 122 valence electrons. The lowest BCUT2D eigenvalue weighted by atomic mass is 10.2. The van der Waals surface area contributed by atoms with Gasteiger partial charge in [0.25, 0.3) is 11.2 Å². The number of rotatable bonds is 3. The molecule has 3 rings (SSSR count). The van der Waals surface area contributed by atoms with Gasteiger partial charge >= 0.3 is 0 Å². The van der Waals surface area contributed by atoms with Gasteiger partial charge in [0.1, 0.15) is 17.5 Å². The Morgan fingerprint density at radius 2 is 1.79 bits per heavy atom. The van der Waals surface area contributed by atoms with Crippen LogP contribution in [0, 0.1) is 27.6 Å². The van der Waals surface area contributed by atoms with Crippen molar-refractivity contribution in [3.63, 3.8) is 0 Å². The van der Waals surface area contributed by atoms with E-state index in [1.807, 2.05) is 0 Å². The van der Waals surface area contributed by atoms with Crippen LogP contribution in [0.5, 0.6) is 0 Å². The molecule has 1 N–H and O–H groups in total. The van der Waals surface area contributed by atoms with Crippen molar-refractivity contribution >= 4 is 28.4 Å². The second kappa shape index (κ2) is 5.96. The number of hydrogen-bond acceptors (Lipinski definition) is 5. The summed E-state index contributed by atoms with van der Waals surface area (Å²) in [6.45, 7) is 0. The lowest BCUT2D eigenvalue weighted by Gasteiger charge is -2.07. The summed E-state index contributed by atoms with van der Waals surface area (Å²) >= 11 is 0.415. The van der Waals surface area contributed by atoms with Crippen molar-refractivity contribution < 1.29 is 18.1 Å². The van der Waals surface area contributed by atoms with E-state index in [1.54, 1.807) is 0 Å². The third kappa shape index (κ3) is 2.83. The summed E-state index contributed by atoms with van der Waals surface area (Å²) < 4.78 is 40.5. The van der Waals surface area contributed by atoms with Gasteiger partial charge in [-0.2, -0.15) is 0 Å². The molecule has 0 unspecified atom stereocenters. The van der Waals surface area contributed by atoms with Crippen LogP contribution < -0.4 is 5.56 Å². The molecule has 0 fully saturated rings. The molecule has 0 amide bonds. The molecule has 0 aliphatic rings. The minimum Gasteiger partial charge on any atom is -0.313 e. The molecule has 0 spiro atoms. The van der Waals surface area contributed by atoms with Crippen molar-refractivity contribution in [1.29, 1.82) is 0 Å². The smallest absolute Gasteiger partial charge is 0.284 e. The number of nitrogens with one attached hydrogen (secondary N) is 1. The monoisotopic (exact) mass is 353 g/mol. The Labute approximate surface area is 135 Å². The Balaban J connectivity index is 2.21. The summed E-state index contributed by atoms with van der Waals surface area (Å²) in [6.07, 6.45) is 1.10. The maximum absolute atomic E-state index is 13.8. The molecule has 0 atom stereocenters. The van der Waals surface area contributed by atoms with Gasteiger partial charge in [-0.3, -0.25) is 14.9 Å². The van der Waals surface area contributed by atoms with Crippen molar-refractivity contribution in [2.75, 3.05) is 0 Å². The first-order valence-corrected chi connectivity index (χ1v) is 7.16. The molecule has 0 radical (unpaired) electrons. The molecule has 0 bridgehead atoms. The summed E-state index contributed by atoms with van der Waals surface area (Å²) in [5.41, 5.74) is -0.984. The van der Waals surface area contributed by atoms with E-state index in [-0.39, 0.29) is 15.8 Å². The van der Waals surface area contributed by atoms with Crippen LogP contribution in [0.1, 0.15) is 0 Å². The van der Waals surface area contributed by atoms with Crippen LogP contribution in [0.3, 0.4) is 0 Å². The zero-order chi connectivity index (χ0) is 17.4. The van der Waals surface area contributed by atoms with Crippen LogP contribution in [-0.2, 0) is 0 Å². The number of aromatic nitrogens is 2. The van der Waals surface area contributed by atoms with Gasteiger partial charge in [-0.25, -0.2) is 18.2 Å². The number of benzene rings is 2. The van der Waals surface area contributed by atoms with Gasteiger partial charge in [-0.15, -0.1) is 0 Å². The number of fused-ring (bicyclic) bond motifs is 1. The molecule has 0 saturated carbocycles. The van der Waals surface area contributed by atoms with Crippen LogP contribution in [0.2, 0.25) is 0 Å². The standard InChI is InChI=1S/C14H6F3N3O3S/c15-6-1-8(16)13(9(17)2-6)24-12-4-10-7(3-11(12)20(22)23)14(21)19-5-18-10/h1-5H,(H,18,19,21). The zero-order valence-electron chi connectivity index (χ0n) is 11.5. The second-order valence-corrected chi connectivity index (χ2v) is 5.68. The van der Waals surface area contributed by atoms with Gasteiger partial charge in [0, 0.05) is 18.2 Å². The highest BCUT2D eigenvalue weighted by atomic mass is 32.2. The lowest BCUT2D eigenvalue weighted by Crippen LogP contribution is -2.07. The van der Waals surface area contributed by atoms with Gasteiger partial charge in [-0.1, -0.05) is 11.8 Å². The van der Waals surface area contributed by atoms with E-state index < -0.39 is 38.5 Å². The third-order valence-corrected chi connectivity index (χ3v) is 4.23. The molecule has 24 heavy (non-hydrogen) atoms. The van der Waals surface area contributed by atoms with Crippen molar-refractivity contribution in [2.24, 2.45) is 0 Å². The first-order valence-electron chi connectivity index (χ1n) is 6.35. The van der Waals surface area contributed by atoms with Crippen LogP contribution in [-0.4, -0.2) is 14.9 Å². The molecule has 10 heteroatoms. The summed E-state index contributed by atoms with van der Waals surface area (Å²) in [5, 5.41) is 11.2. The number of nitro groups is 1. The van der Waals surface area contributed by atoms with Gasteiger partial charge in [0.05, 0.1) is 31.9 Å². The first-order chi connectivity index (χ1) is 11.4. The van der Waals surface area contributed by atoms with Crippen molar-refractivity contribution in [3.05, 3.63) is 68.5 Å². The summed E-state index contributed by atoms with van der Waals surface area (Å²) in [4.78, 5) is 27.5. The Morgan fingerprint density at radius 1 is 1.12 bits per heavy atom. The summed E-state index contributed by atoms with van der Waals surface area (Å²) in [7, 11) is 0. The summed E-state index contributed by atoms with van der Waals surface area (Å²) in [6, 6.07) is 3.10. The molecule has 2 aromatic carbocycles. The van der Waals surface area contributed by atoms with Crippen LogP contribution in [0.4, 0.5) is 18.9 Å². The number of nitrogens with zero attached hydrogens (tertiary/aromatic N) is 2. The van der Waals surface area contributed by atoms with Crippen LogP contribution >= 0.6 is 11.8 Å². The van der Waals surface area contributed by atoms with Crippen molar-refractivity contribution in [1.82, 2.24) is 9.97 Å². The second-order valence-electron chi connectivity index (χ2n) is 4.63. The molecule has 1 heterocycles. The van der Waals surface area contributed by atoms with Crippen molar-refractivity contribution in [3.8, 4) is 0 Å². The fourth-order valence-electron chi connectivity index (χ4n) is 2.05. The van der Waals surface area contributed by atoms with Crippen molar-refractivity contribution in [2.45, 2.75) is 9.79 Å². The number of H-pyrrole nitrogens is 1. The van der Waals surface area contributed by atoms with E-state index in [2.05, 4.69) is 9.97 Å². The minimum atomic E-state index is -1.19. The molecule has 0 saturated heterocycles. The molecular weight excluding hydrogens is 347 g/mol. The maximum Gasteiger partial charge on any atom is 0.284 e. The van der Waals surface area contributed by atoms with E-state index in [9.17, 15) is 28.1 Å². The molecule has 3 aromatic rings. The Bertz CT molecular complexity index is 1020. The lowest BCUT2D eigenvalue weighted by molar-refractivity contribution is -0.387. The third-order valence-electron chi connectivity index (χ3n) is 3.09. The fourth-order valence-corrected chi connectivity index (χ4v) is 2.99. The number of halogens is 3. The van der Waals surface area contributed by atoms with E-state index in [0.29, 0.717) is 23.9 Å². The van der Waals surface area contributed by atoms with Crippen LogP contribution in [0.15, 0.2) is 45.2 Å². The molecular formula is C14H6F3N3O3S. The van der Waals surface area contributed by atoms with E-state index in [4.69, 9.17) is 0 Å². The SMILES string of the molecule is O=c1[nH]cnc2cc(Sc3c(F)cc(F)cc3F)c([N+](=O)[O-])cc12. The maximum atomic E-state index is 13.8. The Morgan fingerprint density at radius 3 is 2.42 bits per heavy atom. The van der Waals surface area contributed by atoms with E-state index >= 15 is 0 Å². The highest BCUT2D eigenvalue weighted by Crippen LogP contribution is 2.39. The van der Waals surface area contributed by atoms with Gasteiger partial charge in [0.2, 0.25) is 0 Å². The van der Waals surface area contributed by atoms with E-state index in [0.717, 1.165) is 12.4 Å². The van der Waals surface area contributed by atoms with Gasteiger partial charge in [-0.05, 0) is 6.07 Å². The normalized spacial score (nSPS) is 11.0. The molecule has 0 aliphatic heterocycles. The minimum absolute atomic E-state index is 0.0337. The summed E-state index contributed by atoms with van der Waals surface area (Å²) in [5.74, 6) is -3.48. The van der Waals surface area contributed by atoms with E-state index in [1.165, 1.54) is 6.07 Å². The largest absolute Gasteiger partial charge is 0.313 e. The first kappa shape index (κ1) is 16.0. The average molecular weight is 353 g/mol. The Kier molecular flexibility index (Phi) is 3.97. The highest BCUT2D eigenvalue weighted by molar-refractivity contribution is 7.99. The highest BCUT2D eigenvalue weighted by Gasteiger charge is 2.21. The number of aromatic amines is 1.